The SMILES string of the molecule is C[C@@H]1C[C@@H]2O[C@@H]3[C@@H](C)[C@H](OCc4ccccc4)[C@@H]4O[C@]5(CCCO5)[C@@H](C)[C@H](C)[C@H]4O[C@H]3C[C@H]2O[C@H]2C[C@H]3O[C@H]4C/C=C\C[C@H]5O[C@H]6C=C[C@H]7O[C@H]8[C@H](OCc9ccccc9)[C@H]9OCC=CC[C@@H]9O[C@@H]8C[C@@H]7O[C@@H]6C/C=C\[C@@H]5O[C@@H]4C[C@@H](OCc4ccccc4)[C@]3(C)O[C@@H]2C1. The van der Waals surface area contributed by atoms with Crippen LogP contribution < -0.4 is 0 Å². The average molecular weight is 1290 g/mol. The molecular formula is C78H100O16. The molecule has 3 aromatic carbocycles. The number of hydrogen-bond donors (Lipinski definition) is 0. The third-order valence-corrected chi connectivity index (χ3v) is 23.8. The molecule has 16 heteroatoms. The van der Waals surface area contributed by atoms with Gasteiger partial charge in [0, 0.05) is 43.9 Å². The topological polar surface area (TPSA) is 148 Å². The highest BCUT2D eigenvalue weighted by Crippen LogP contribution is 2.53. The Morgan fingerprint density at radius 1 is 0.415 bits per heavy atom. The molecule has 508 valence electrons. The number of ether oxygens (including phenoxy) is 16. The lowest BCUT2D eigenvalue weighted by Gasteiger charge is -2.53. The molecule has 16 rings (SSSR count). The predicted octanol–water partition coefficient (Wildman–Crippen LogP) is 11.8. The Kier molecular flexibility index (Phi) is 19.2. The van der Waals surface area contributed by atoms with Gasteiger partial charge in [-0.2, -0.15) is 0 Å². The summed E-state index contributed by atoms with van der Waals surface area (Å²) in [7, 11) is 0. The second-order valence-corrected chi connectivity index (χ2v) is 29.9. The molecule has 0 saturated carbocycles. The minimum absolute atomic E-state index is 0.0375. The Morgan fingerprint density at radius 2 is 0.979 bits per heavy atom. The van der Waals surface area contributed by atoms with E-state index in [2.05, 4.69) is 156 Å². The van der Waals surface area contributed by atoms with Crippen LogP contribution in [-0.2, 0) is 95.6 Å². The van der Waals surface area contributed by atoms with Gasteiger partial charge < -0.3 is 75.8 Å². The van der Waals surface area contributed by atoms with Crippen LogP contribution >= 0.6 is 0 Å². The molecule has 0 unspecified atom stereocenters. The van der Waals surface area contributed by atoms with Gasteiger partial charge in [-0.05, 0) is 80.4 Å². The van der Waals surface area contributed by atoms with Gasteiger partial charge in [0.15, 0.2) is 5.79 Å². The van der Waals surface area contributed by atoms with Crippen LogP contribution in [0.2, 0.25) is 0 Å². The highest BCUT2D eigenvalue weighted by Gasteiger charge is 2.63. The lowest BCUT2D eigenvalue weighted by molar-refractivity contribution is -0.342. The van der Waals surface area contributed by atoms with E-state index in [0.717, 1.165) is 48.8 Å². The number of benzene rings is 3. The van der Waals surface area contributed by atoms with Crippen LogP contribution in [0.5, 0.6) is 0 Å². The standard InChI is InChI=1S/C78H100O16/c1-46-37-60-62(40-66-70(91-60)48(3)71(81-44-51-23-11-7-12-24-51)76-72(92-66)47(2)49(4)78(94-76)34-20-36-83-78)88-64-42-69-77(5,93-65(64)38-46)68(80-43-50-21-9-6-10-22-50)41-63-56(89-69)28-16-15-27-53-54(86-63)30-19-31-55-57(84-53)32-33-58-61(85-55)39-67-74(90-58)75(82-45-52-25-13-8-14-26-52)73-59(87-67)29-17-18-35-79-73/h6-19,21-26,30,32-33,46-49,53-76H,20,27-29,31,34-45H2,1-5H3/b16-15-,30-19-/t46-,47+,48-,49+,53-,54+,55-,56+,57+,58-,59+,60+,61+,62-,63-,64+,65-,66+,67-,68-,69-,70-,71+,72-,73+,74-,75-,76+,77+,78-/m1/s1. The Balaban J connectivity index is 0.638. The Bertz CT molecular complexity index is 3110. The van der Waals surface area contributed by atoms with Crippen molar-refractivity contribution in [3.63, 3.8) is 0 Å². The Labute approximate surface area is 555 Å². The molecule has 0 bridgehead atoms. The van der Waals surface area contributed by atoms with Crippen molar-refractivity contribution in [1.29, 1.82) is 0 Å². The van der Waals surface area contributed by atoms with Gasteiger partial charge in [-0.3, -0.25) is 0 Å². The molecule has 1 spiro atoms. The zero-order chi connectivity index (χ0) is 63.5. The molecule has 16 nitrogen and oxygen atoms in total. The summed E-state index contributed by atoms with van der Waals surface area (Å²) in [4.78, 5) is 0. The van der Waals surface area contributed by atoms with Gasteiger partial charge in [-0.25, -0.2) is 0 Å². The minimum atomic E-state index is -0.840. The molecule has 0 aliphatic carbocycles. The first kappa shape index (κ1) is 64.6. The van der Waals surface area contributed by atoms with Crippen LogP contribution in [0.3, 0.4) is 0 Å². The summed E-state index contributed by atoms with van der Waals surface area (Å²) in [6, 6.07) is 31.2. The maximum Gasteiger partial charge on any atom is 0.171 e. The lowest BCUT2D eigenvalue weighted by atomic mass is 9.76. The molecule has 0 amide bonds. The summed E-state index contributed by atoms with van der Waals surface area (Å²) < 4.78 is 115. The Hall–Kier alpha value is -4.02. The van der Waals surface area contributed by atoms with Gasteiger partial charge in [0.25, 0.3) is 0 Å². The average Bonchev–Trinajstić information content (AvgIpc) is 1.50. The van der Waals surface area contributed by atoms with Crippen molar-refractivity contribution in [2.24, 2.45) is 23.7 Å². The summed E-state index contributed by atoms with van der Waals surface area (Å²) in [5.41, 5.74) is 2.50. The van der Waals surface area contributed by atoms with Gasteiger partial charge in [0.05, 0.1) is 137 Å². The smallest absolute Gasteiger partial charge is 0.171 e. The number of hydrogen-bond acceptors (Lipinski definition) is 16. The van der Waals surface area contributed by atoms with Crippen LogP contribution in [0.15, 0.2) is 140 Å². The lowest BCUT2D eigenvalue weighted by Crippen LogP contribution is -2.64. The molecule has 0 aromatic heterocycles. The zero-order valence-electron chi connectivity index (χ0n) is 55.5. The highest BCUT2D eigenvalue weighted by molar-refractivity contribution is 5.19. The molecule has 9 fully saturated rings. The van der Waals surface area contributed by atoms with E-state index >= 15 is 0 Å². The minimum Gasteiger partial charge on any atom is -0.370 e. The van der Waals surface area contributed by atoms with Gasteiger partial charge in [0.2, 0.25) is 0 Å². The van der Waals surface area contributed by atoms with E-state index in [0.29, 0.717) is 78.0 Å². The van der Waals surface area contributed by atoms with Crippen molar-refractivity contribution in [3.8, 4) is 0 Å². The van der Waals surface area contributed by atoms with E-state index in [4.69, 9.17) is 75.8 Å². The molecule has 94 heavy (non-hydrogen) atoms. The fourth-order valence-corrected chi connectivity index (χ4v) is 18.5. The highest BCUT2D eigenvalue weighted by atomic mass is 16.7. The molecule has 13 aliphatic heterocycles. The number of rotatable bonds is 9. The molecule has 30 atom stereocenters. The van der Waals surface area contributed by atoms with Gasteiger partial charge in [-0.15, -0.1) is 0 Å². The third-order valence-electron chi connectivity index (χ3n) is 23.8. The van der Waals surface area contributed by atoms with Crippen molar-refractivity contribution in [1.82, 2.24) is 0 Å². The first-order valence-electron chi connectivity index (χ1n) is 36.1. The van der Waals surface area contributed by atoms with Crippen LogP contribution in [0, 0.1) is 23.7 Å². The second kappa shape index (κ2) is 27.9. The molecule has 13 aliphatic rings. The van der Waals surface area contributed by atoms with Crippen molar-refractivity contribution in [2.75, 3.05) is 13.2 Å². The van der Waals surface area contributed by atoms with Crippen LogP contribution in [0.1, 0.15) is 128 Å². The summed E-state index contributed by atoms with van der Waals surface area (Å²) in [6.07, 6.45) is 19.5. The maximum atomic E-state index is 7.70. The van der Waals surface area contributed by atoms with Gasteiger partial charge >= 0.3 is 0 Å². The molecule has 0 radical (unpaired) electrons. The van der Waals surface area contributed by atoms with Crippen LogP contribution in [0.4, 0.5) is 0 Å². The second-order valence-electron chi connectivity index (χ2n) is 29.9. The molecular weight excluding hydrogens is 1190 g/mol. The van der Waals surface area contributed by atoms with Crippen LogP contribution in [-0.4, -0.2) is 171 Å². The quantitative estimate of drug-likeness (QED) is 0.187. The first-order chi connectivity index (χ1) is 46.0. The van der Waals surface area contributed by atoms with Crippen molar-refractivity contribution in [3.05, 3.63) is 156 Å². The zero-order valence-corrected chi connectivity index (χ0v) is 55.5. The van der Waals surface area contributed by atoms with E-state index < -0.39 is 11.4 Å². The van der Waals surface area contributed by atoms with E-state index in [1.54, 1.807) is 0 Å². The van der Waals surface area contributed by atoms with E-state index in [1.807, 2.05) is 18.2 Å². The maximum absolute atomic E-state index is 7.70. The molecule has 3 aromatic rings. The van der Waals surface area contributed by atoms with Crippen molar-refractivity contribution < 1.29 is 75.8 Å². The van der Waals surface area contributed by atoms with Gasteiger partial charge in [-0.1, -0.05) is 167 Å². The van der Waals surface area contributed by atoms with E-state index in [1.165, 1.54) is 0 Å². The third kappa shape index (κ3) is 13.0. The van der Waals surface area contributed by atoms with Crippen molar-refractivity contribution in [2.45, 2.75) is 289 Å². The fraction of sp³-hybridized carbons (Fsp3) is 0.667. The van der Waals surface area contributed by atoms with E-state index in [9.17, 15) is 0 Å². The van der Waals surface area contributed by atoms with Crippen molar-refractivity contribution >= 4 is 0 Å². The largest absolute Gasteiger partial charge is 0.370 e. The van der Waals surface area contributed by atoms with E-state index in [-0.39, 0.29) is 170 Å². The fourth-order valence-electron chi connectivity index (χ4n) is 18.5. The molecule has 13 heterocycles. The normalized spacial score (nSPS) is 48.0. The Morgan fingerprint density at radius 3 is 1.72 bits per heavy atom. The van der Waals surface area contributed by atoms with Gasteiger partial charge in [0.1, 0.15) is 48.3 Å². The summed E-state index contributed by atoms with van der Waals surface area (Å²) >= 11 is 0. The summed E-state index contributed by atoms with van der Waals surface area (Å²) in [6.45, 7) is 14.0. The molecule has 0 N–H and O–H groups in total. The molecule has 9 saturated heterocycles. The van der Waals surface area contributed by atoms with Crippen LogP contribution in [0.25, 0.3) is 0 Å². The predicted molar refractivity (Wildman–Crippen MR) is 348 cm³/mol. The monoisotopic (exact) mass is 1290 g/mol. The first-order valence-corrected chi connectivity index (χ1v) is 36.1. The number of fused-ring (bicyclic) bond motifs is 11. The summed E-state index contributed by atoms with van der Waals surface area (Å²) in [5.74, 6) is -0.153. The summed E-state index contributed by atoms with van der Waals surface area (Å²) in [5, 5.41) is 0.